The van der Waals surface area contributed by atoms with Gasteiger partial charge in [0.2, 0.25) is 0 Å². The summed E-state index contributed by atoms with van der Waals surface area (Å²) in [6.45, 7) is 0. The smallest absolute Gasteiger partial charge is 0.322 e. The van der Waals surface area contributed by atoms with Crippen LogP contribution in [0.3, 0.4) is 0 Å². The van der Waals surface area contributed by atoms with Gasteiger partial charge in [-0.25, -0.2) is 0 Å². The third-order valence-electron chi connectivity index (χ3n) is 3.10. The minimum atomic E-state index is -6.30. The lowest BCUT2D eigenvalue weighted by Crippen LogP contribution is -2.62. The van der Waals surface area contributed by atoms with Crippen molar-refractivity contribution in [3.8, 4) is 0 Å². The number of halogens is 7. The average Bonchev–Trinajstić information content (AvgIpc) is 2.66. The highest BCUT2D eigenvalue weighted by atomic mass is 19.4. The molecule has 1 saturated carbocycles. The van der Waals surface area contributed by atoms with Gasteiger partial charge in [-0.05, 0) is 18.8 Å². The van der Waals surface area contributed by atoms with Crippen LogP contribution in [0.25, 0.3) is 0 Å². The third kappa shape index (κ3) is 2.36. The summed E-state index contributed by atoms with van der Waals surface area (Å²) < 4.78 is 87.3. The van der Waals surface area contributed by atoms with Gasteiger partial charge in [0.05, 0.1) is 6.04 Å². The molecule has 0 bridgehead atoms. The zero-order chi connectivity index (χ0) is 13.5. The molecule has 1 nitrogen and oxygen atoms in total. The van der Waals surface area contributed by atoms with Gasteiger partial charge in [-0.15, -0.1) is 0 Å². The van der Waals surface area contributed by atoms with Gasteiger partial charge in [0.25, 0.3) is 0 Å². The summed E-state index contributed by atoms with van der Waals surface area (Å²) in [5.74, 6) is -12.4. The minimum Gasteiger partial charge on any atom is -0.322 e. The maximum atomic E-state index is 13.1. The lowest BCUT2D eigenvalue weighted by atomic mass is 9.90. The van der Waals surface area contributed by atoms with Crippen molar-refractivity contribution < 1.29 is 30.7 Å². The van der Waals surface area contributed by atoms with Gasteiger partial charge in [-0.3, -0.25) is 0 Å². The van der Waals surface area contributed by atoms with Crippen molar-refractivity contribution in [3.05, 3.63) is 0 Å². The van der Waals surface area contributed by atoms with Crippen LogP contribution < -0.4 is 5.73 Å². The van der Waals surface area contributed by atoms with Gasteiger partial charge >= 0.3 is 18.0 Å². The van der Waals surface area contributed by atoms with Crippen molar-refractivity contribution in [3.63, 3.8) is 0 Å². The first-order valence-electron chi connectivity index (χ1n) is 5.09. The quantitative estimate of drug-likeness (QED) is 0.780. The Bertz CT molecular complexity index is 267. The molecule has 1 fully saturated rings. The number of hydrogen-bond donors (Lipinski definition) is 1. The highest BCUT2D eigenvalue weighted by molar-refractivity contribution is 5.00. The summed E-state index contributed by atoms with van der Waals surface area (Å²) in [6.07, 6.45) is -4.94. The van der Waals surface area contributed by atoms with Crippen molar-refractivity contribution in [2.45, 2.75) is 49.7 Å². The molecular formula is C9H12F7N. The van der Waals surface area contributed by atoms with E-state index in [1.54, 1.807) is 0 Å². The average molecular weight is 267 g/mol. The van der Waals surface area contributed by atoms with Gasteiger partial charge < -0.3 is 5.73 Å². The van der Waals surface area contributed by atoms with Crippen LogP contribution in [-0.4, -0.2) is 24.1 Å². The van der Waals surface area contributed by atoms with E-state index in [0.717, 1.165) is 0 Å². The van der Waals surface area contributed by atoms with Gasteiger partial charge in [0.15, 0.2) is 0 Å². The topological polar surface area (TPSA) is 26.0 Å². The molecule has 0 saturated heterocycles. The van der Waals surface area contributed by atoms with E-state index in [1.807, 2.05) is 0 Å². The minimum absolute atomic E-state index is 0.157. The second kappa shape index (κ2) is 4.29. The Labute approximate surface area is 93.2 Å². The maximum Gasteiger partial charge on any atom is 0.459 e. The molecule has 0 amide bonds. The molecule has 102 valence electrons. The van der Waals surface area contributed by atoms with Crippen LogP contribution >= 0.6 is 0 Å². The molecule has 1 aliphatic rings. The molecule has 0 aromatic rings. The molecule has 0 heterocycles. The Morgan fingerprint density at radius 1 is 0.882 bits per heavy atom. The van der Waals surface area contributed by atoms with Crippen molar-refractivity contribution in [1.82, 2.24) is 0 Å². The van der Waals surface area contributed by atoms with Crippen molar-refractivity contribution in [1.29, 1.82) is 0 Å². The zero-order valence-corrected chi connectivity index (χ0v) is 8.71. The molecule has 1 aliphatic carbocycles. The van der Waals surface area contributed by atoms with Gasteiger partial charge in [0, 0.05) is 0 Å². The lowest BCUT2D eigenvalue weighted by Gasteiger charge is -2.34. The molecule has 0 aliphatic heterocycles. The van der Waals surface area contributed by atoms with Gasteiger partial charge in [-0.2, -0.15) is 30.7 Å². The number of hydrogen-bond acceptors (Lipinski definition) is 1. The predicted octanol–water partition coefficient (Wildman–Crippen LogP) is 3.34. The molecule has 0 aromatic carbocycles. The molecule has 1 rings (SSSR count). The zero-order valence-electron chi connectivity index (χ0n) is 8.71. The van der Waals surface area contributed by atoms with E-state index >= 15 is 0 Å². The SMILES string of the molecule is N[C@H](C1CCCC1)C(F)(F)C(F)(F)C(F)(F)F. The number of rotatable bonds is 3. The van der Waals surface area contributed by atoms with Crippen molar-refractivity contribution in [2.24, 2.45) is 11.7 Å². The fourth-order valence-corrected chi connectivity index (χ4v) is 2.01. The van der Waals surface area contributed by atoms with E-state index in [2.05, 4.69) is 0 Å². The summed E-state index contributed by atoms with van der Waals surface area (Å²) in [7, 11) is 0. The number of alkyl halides is 7. The Hall–Kier alpha value is -0.530. The largest absolute Gasteiger partial charge is 0.459 e. The first-order chi connectivity index (χ1) is 7.52. The molecule has 2 N–H and O–H groups in total. The summed E-state index contributed by atoms with van der Waals surface area (Å²) in [4.78, 5) is 0. The fourth-order valence-electron chi connectivity index (χ4n) is 2.01. The molecule has 17 heavy (non-hydrogen) atoms. The highest BCUT2D eigenvalue weighted by Gasteiger charge is 2.75. The molecule has 0 radical (unpaired) electrons. The van der Waals surface area contributed by atoms with Gasteiger partial charge in [0.1, 0.15) is 0 Å². The standard InChI is InChI=1S/C9H12F7N/c10-7(11,8(12,13)9(14,15)16)6(17)5-3-1-2-4-5/h5-6H,1-4,17H2/t6-/m1/s1. The van der Waals surface area contributed by atoms with Crippen LogP contribution in [0.5, 0.6) is 0 Å². The van der Waals surface area contributed by atoms with Crippen LogP contribution in [-0.2, 0) is 0 Å². The summed E-state index contributed by atoms with van der Waals surface area (Å²) in [6, 6.07) is -2.47. The normalized spacial score (nSPS) is 21.9. The molecule has 8 heteroatoms. The third-order valence-corrected chi connectivity index (χ3v) is 3.10. The summed E-state index contributed by atoms with van der Waals surface area (Å²) in [5, 5.41) is 0. The van der Waals surface area contributed by atoms with Crippen molar-refractivity contribution in [2.75, 3.05) is 0 Å². The van der Waals surface area contributed by atoms with Crippen LogP contribution in [0.2, 0.25) is 0 Å². The van der Waals surface area contributed by atoms with Crippen LogP contribution in [0.15, 0.2) is 0 Å². The Balaban J connectivity index is 2.92. The van der Waals surface area contributed by atoms with E-state index < -0.39 is 30.0 Å². The number of nitrogens with two attached hydrogens (primary N) is 1. The lowest BCUT2D eigenvalue weighted by molar-refractivity contribution is -0.360. The van der Waals surface area contributed by atoms with E-state index in [1.165, 1.54) is 0 Å². The second-order valence-corrected chi connectivity index (χ2v) is 4.27. The van der Waals surface area contributed by atoms with Gasteiger partial charge in [-0.1, -0.05) is 12.8 Å². The van der Waals surface area contributed by atoms with Crippen LogP contribution in [0, 0.1) is 5.92 Å². The summed E-state index contributed by atoms with van der Waals surface area (Å²) in [5.41, 5.74) is 4.91. The van der Waals surface area contributed by atoms with E-state index in [4.69, 9.17) is 5.73 Å². The molecule has 0 spiro atoms. The van der Waals surface area contributed by atoms with Crippen LogP contribution in [0.4, 0.5) is 30.7 Å². The van der Waals surface area contributed by atoms with Crippen LogP contribution in [0.1, 0.15) is 25.7 Å². The molecule has 0 aromatic heterocycles. The van der Waals surface area contributed by atoms with E-state index in [9.17, 15) is 30.7 Å². The van der Waals surface area contributed by atoms with Crippen molar-refractivity contribution >= 4 is 0 Å². The second-order valence-electron chi connectivity index (χ2n) is 4.27. The first-order valence-corrected chi connectivity index (χ1v) is 5.09. The first kappa shape index (κ1) is 14.5. The molecule has 1 atom stereocenters. The molecular weight excluding hydrogens is 255 g/mol. The Morgan fingerprint density at radius 3 is 1.65 bits per heavy atom. The Kier molecular flexibility index (Phi) is 3.67. The highest BCUT2D eigenvalue weighted by Crippen LogP contribution is 2.50. The predicted molar refractivity (Wildman–Crippen MR) is 45.9 cm³/mol. The monoisotopic (exact) mass is 267 g/mol. The maximum absolute atomic E-state index is 13.1. The summed E-state index contributed by atoms with van der Waals surface area (Å²) >= 11 is 0. The fraction of sp³-hybridized carbons (Fsp3) is 1.00. The Morgan fingerprint density at radius 2 is 1.29 bits per heavy atom. The van der Waals surface area contributed by atoms with E-state index in [0.29, 0.717) is 12.8 Å². The molecule has 0 unspecified atom stereocenters. The van der Waals surface area contributed by atoms with E-state index in [-0.39, 0.29) is 12.8 Å².